The summed E-state index contributed by atoms with van der Waals surface area (Å²) in [5, 5.41) is 9.28. The smallest absolute Gasteiger partial charge is 0.225 e. The summed E-state index contributed by atoms with van der Waals surface area (Å²) in [7, 11) is 0. The number of H-pyrrole nitrogens is 1. The Morgan fingerprint density at radius 2 is 2.54 bits per heavy atom. The minimum Gasteiger partial charge on any atom is -0.330 e. The van der Waals surface area contributed by atoms with Crippen LogP contribution in [0.2, 0.25) is 0 Å². The fourth-order valence-electron chi connectivity index (χ4n) is 0.950. The second-order valence-electron chi connectivity index (χ2n) is 2.88. The molecular formula is C8H14N4O. The molecule has 13 heavy (non-hydrogen) atoms. The highest BCUT2D eigenvalue weighted by Gasteiger charge is 2.03. The molecule has 4 N–H and O–H groups in total. The van der Waals surface area contributed by atoms with Gasteiger partial charge in [-0.2, -0.15) is 5.10 Å². The molecule has 0 aliphatic rings. The van der Waals surface area contributed by atoms with E-state index < -0.39 is 0 Å². The van der Waals surface area contributed by atoms with Crippen molar-refractivity contribution in [2.45, 2.75) is 19.8 Å². The molecule has 72 valence electrons. The van der Waals surface area contributed by atoms with Crippen LogP contribution in [0.1, 0.15) is 18.5 Å². The maximum atomic E-state index is 11.2. The Balaban J connectivity index is 2.36. The lowest BCUT2D eigenvalue weighted by molar-refractivity contribution is -0.116. The fraction of sp³-hybridized carbons (Fsp3) is 0.500. The SMILES string of the molecule is Cc1cc(NC(=O)CCCN)n[nH]1. The monoisotopic (exact) mass is 182 g/mol. The van der Waals surface area contributed by atoms with Crippen molar-refractivity contribution in [1.82, 2.24) is 10.2 Å². The molecule has 1 heterocycles. The second-order valence-corrected chi connectivity index (χ2v) is 2.88. The molecule has 0 aliphatic heterocycles. The Bertz CT molecular complexity index is 281. The number of hydrogen-bond donors (Lipinski definition) is 3. The summed E-state index contributed by atoms with van der Waals surface area (Å²) in [6.07, 6.45) is 1.15. The number of anilines is 1. The molecule has 5 nitrogen and oxygen atoms in total. The van der Waals surface area contributed by atoms with Crippen LogP contribution in [0.3, 0.4) is 0 Å². The number of hydrogen-bond acceptors (Lipinski definition) is 3. The molecule has 0 fully saturated rings. The zero-order valence-electron chi connectivity index (χ0n) is 7.63. The molecule has 0 atom stereocenters. The van der Waals surface area contributed by atoms with Crippen molar-refractivity contribution >= 4 is 11.7 Å². The first-order chi connectivity index (χ1) is 6.22. The Morgan fingerprint density at radius 3 is 3.08 bits per heavy atom. The highest BCUT2D eigenvalue weighted by atomic mass is 16.1. The van der Waals surface area contributed by atoms with Crippen LogP contribution in [0.25, 0.3) is 0 Å². The lowest BCUT2D eigenvalue weighted by Gasteiger charge is -1.99. The first kappa shape index (κ1) is 9.73. The van der Waals surface area contributed by atoms with Crippen molar-refractivity contribution in [2.24, 2.45) is 5.73 Å². The van der Waals surface area contributed by atoms with Crippen molar-refractivity contribution in [3.63, 3.8) is 0 Å². The van der Waals surface area contributed by atoms with Gasteiger partial charge in [-0.1, -0.05) is 0 Å². The standard InChI is InChI=1S/C8H14N4O/c1-6-5-7(12-11-6)10-8(13)3-2-4-9/h5H,2-4,9H2,1H3,(H2,10,11,12,13). The topological polar surface area (TPSA) is 83.8 Å². The summed E-state index contributed by atoms with van der Waals surface area (Å²) in [5.41, 5.74) is 6.20. The van der Waals surface area contributed by atoms with Crippen LogP contribution in [0.15, 0.2) is 6.07 Å². The quantitative estimate of drug-likeness (QED) is 0.630. The molecule has 0 saturated heterocycles. The lowest BCUT2D eigenvalue weighted by Crippen LogP contribution is -2.13. The zero-order valence-corrected chi connectivity index (χ0v) is 7.63. The first-order valence-corrected chi connectivity index (χ1v) is 4.24. The minimum atomic E-state index is -0.0445. The van der Waals surface area contributed by atoms with E-state index in [9.17, 15) is 4.79 Å². The van der Waals surface area contributed by atoms with E-state index in [0.717, 1.165) is 5.69 Å². The highest BCUT2D eigenvalue weighted by Crippen LogP contribution is 2.04. The number of aromatic amines is 1. The summed E-state index contributed by atoms with van der Waals surface area (Å²) in [4.78, 5) is 11.2. The Labute approximate surface area is 76.7 Å². The normalized spacial score (nSPS) is 10.0. The van der Waals surface area contributed by atoms with E-state index in [2.05, 4.69) is 15.5 Å². The number of nitrogens with one attached hydrogen (secondary N) is 2. The molecule has 0 spiro atoms. The molecular weight excluding hydrogens is 168 g/mol. The number of aryl methyl sites for hydroxylation is 1. The van der Waals surface area contributed by atoms with Gasteiger partial charge in [0.2, 0.25) is 5.91 Å². The van der Waals surface area contributed by atoms with Crippen LogP contribution in [0.4, 0.5) is 5.82 Å². The van der Waals surface area contributed by atoms with Crippen LogP contribution >= 0.6 is 0 Å². The van der Waals surface area contributed by atoms with Gasteiger partial charge >= 0.3 is 0 Å². The van der Waals surface area contributed by atoms with E-state index in [0.29, 0.717) is 25.2 Å². The van der Waals surface area contributed by atoms with Crippen LogP contribution < -0.4 is 11.1 Å². The van der Waals surface area contributed by atoms with Crippen molar-refractivity contribution in [3.05, 3.63) is 11.8 Å². The Kier molecular flexibility index (Phi) is 3.45. The number of nitrogens with two attached hydrogens (primary N) is 1. The van der Waals surface area contributed by atoms with Gasteiger partial charge in [0, 0.05) is 18.2 Å². The fourth-order valence-corrected chi connectivity index (χ4v) is 0.950. The van der Waals surface area contributed by atoms with Gasteiger partial charge in [-0.3, -0.25) is 9.89 Å². The molecule has 1 rings (SSSR count). The minimum absolute atomic E-state index is 0.0445. The van der Waals surface area contributed by atoms with Crippen LogP contribution in [0, 0.1) is 6.92 Å². The molecule has 0 aliphatic carbocycles. The number of carbonyl (C=O) groups is 1. The molecule has 1 aromatic heterocycles. The molecule has 0 aromatic carbocycles. The summed E-state index contributed by atoms with van der Waals surface area (Å²) in [6, 6.07) is 1.78. The van der Waals surface area contributed by atoms with Gasteiger partial charge in [0.15, 0.2) is 5.82 Å². The second kappa shape index (κ2) is 4.61. The average Bonchev–Trinajstić information content (AvgIpc) is 2.48. The average molecular weight is 182 g/mol. The van der Waals surface area contributed by atoms with Gasteiger partial charge in [0.05, 0.1) is 0 Å². The lowest BCUT2D eigenvalue weighted by atomic mass is 10.3. The number of amides is 1. The van der Waals surface area contributed by atoms with E-state index in [1.165, 1.54) is 0 Å². The van der Waals surface area contributed by atoms with Crippen molar-refractivity contribution < 1.29 is 4.79 Å². The molecule has 1 aromatic rings. The highest BCUT2D eigenvalue weighted by molar-refractivity contribution is 5.89. The molecule has 1 amide bonds. The summed E-state index contributed by atoms with van der Waals surface area (Å²) < 4.78 is 0. The third-order valence-electron chi connectivity index (χ3n) is 1.58. The van der Waals surface area contributed by atoms with Crippen molar-refractivity contribution in [3.8, 4) is 0 Å². The Morgan fingerprint density at radius 1 is 1.77 bits per heavy atom. The predicted molar refractivity (Wildman–Crippen MR) is 50.2 cm³/mol. The van der Waals surface area contributed by atoms with E-state index in [-0.39, 0.29) is 5.91 Å². The van der Waals surface area contributed by atoms with E-state index in [4.69, 9.17) is 5.73 Å². The molecule has 0 radical (unpaired) electrons. The maximum Gasteiger partial charge on any atom is 0.225 e. The van der Waals surface area contributed by atoms with E-state index >= 15 is 0 Å². The van der Waals surface area contributed by atoms with E-state index in [1.807, 2.05) is 6.92 Å². The van der Waals surface area contributed by atoms with Gasteiger partial charge in [0.1, 0.15) is 0 Å². The zero-order chi connectivity index (χ0) is 9.68. The van der Waals surface area contributed by atoms with Crippen LogP contribution in [-0.4, -0.2) is 22.6 Å². The number of aromatic nitrogens is 2. The first-order valence-electron chi connectivity index (χ1n) is 4.24. The molecule has 0 saturated carbocycles. The van der Waals surface area contributed by atoms with Crippen LogP contribution in [0.5, 0.6) is 0 Å². The molecule has 0 unspecified atom stereocenters. The van der Waals surface area contributed by atoms with Gasteiger partial charge in [-0.25, -0.2) is 0 Å². The molecule has 0 bridgehead atoms. The third kappa shape index (κ3) is 3.25. The predicted octanol–water partition coefficient (Wildman–Crippen LogP) is 0.396. The van der Waals surface area contributed by atoms with Gasteiger partial charge in [0.25, 0.3) is 0 Å². The van der Waals surface area contributed by atoms with Gasteiger partial charge in [-0.15, -0.1) is 0 Å². The summed E-state index contributed by atoms with van der Waals surface area (Å²) >= 11 is 0. The van der Waals surface area contributed by atoms with Crippen molar-refractivity contribution in [2.75, 3.05) is 11.9 Å². The number of carbonyl (C=O) groups excluding carboxylic acids is 1. The van der Waals surface area contributed by atoms with E-state index in [1.54, 1.807) is 6.07 Å². The van der Waals surface area contributed by atoms with Crippen molar-refractivity contribution in [1.29, 1.82) is 0 Å². The van der Waals surface area contributed by atoms with Gasteiger partial charge < -0.3 is 11.1 Å². The Hall–Kier alpha value is -1.36. The third-order valence-corrected chi connectivity index (χ3v) is 1.58. The summed E-state index contributed by atoms with van der Waals surface area (Å²) in [6.45, 7) is 2.41. The largest absolute Gasteiger partial charge is 0.330 e. The number of nitrogens with zero attached hydrogens (tertiary/aromatic N) is 1. The van der Waals surface area contributed by atoms with Gasteiger partial charge in [-0.05, 0) is 19.9 Å². The molecule has 5 heteroatoms. The van der Waals surface area contributed by atoms with Crippen LogP contribution in [-0.2, 0) is 4.79 Å². The number of rotatable bonds is 4. The maximum absolute atomic E-state index is 11.2. The summed E-state index contributed by atoms with van der Waals surface area (Å²) in [5.74, 6) is 0.525.